The van der Waals surface area contributed by atoms with Gasteiger partial charge in [-0.1, -0.05) is 6.07 Å². The van der Waals surface area contributed by atoms with Crippen molar-refractivity contribution in [2.45, 2.75) is 38.7 Å². The van der Waals surface area contributed by atoms with Crippen molar-refractivity contribution in [3.8, 4) is 0 Å². The first kappa shape index (κ1) is 15.8. The standard InChI is InChI=1S/C16H23FN2O2/c1-12-6-7-13(11-15(12)17)18-16(20)19(2)9-8-14-5-3-4-10-21-14/h6-7,11,14H,3-5,8-10H2,1-2H3,(H,18,20)/t14-/m0/s1. The van der Waals surface area contributed by atoms with Crippen molar-refractivity contribution in [1.29, 1.82) is 0 Å². The van der Waals surface area contributed by atoms with Gasteiger partial charge in [-0.25, -0.2) is 9.18 Å². The van der Waals surface area contributed by atoms with Crippen molar-refractivity contribution < 1.29 is 13.9 Å². The number of urea groups is 1. The molecule has 0 saturated carbocycles. The van der Waals surface area contributed by atoms with Gasteiger partial charge in [-0.15, -0.1) is 0 Å². The molecule has 21 heavy (non-hydrogen) atoms. The van der Waals surface area contributed by atoms with E-state index in [1.165, 1.54) is 12.5 Å². The second-order valence-electron chi connectivity index (χ2n) is 5.59. The number of aryl methyl sites for hydroxylation is 1. The number of hydrogen-bond acceptors (Lipinski definition) is 2. The van der Waals surface area contributed by atoms with Crippen LogP contribution in [0.3, 0.4) is 0 Å². The lowest BCUT2D eigenvalue weighted by molar-refractivity contribution is 0.00848. The maximum absolute atomic E-state index is 13.4. The lowest BCUT2D eigenvalue weighted by Gasteiger charge is -2.25. The molecule has 1 aromatic rings. The van der Waals surface area contributed by atoms with Gasteiger partial charge in [0.15, 0.2) is 0 Å². The van der Waals surface area contributed by atoms with E-state index >= 15 is 0 Å². The summed E-state index contributed by atoms with van der Waals surface area (Å²) in [4.78, 5) is 13.6. The quantitative estimate of drug-likeness (QED) is 0.922. The van der Waals surface area contributed by atoms with Crippen LogP contribution in [0.15, 0.2) is 18.2 Å². The minimum atomic E-state index is -0.314. The number of anilines is 1. The van der Waals surface area contributed by atoms with Gasteiger partial charge < -0.3 is 15.0 Å². The van der Waals surface area contributed by atoms with Crippen molar-refractivity contribution in [3.05, 3.63) is 29.6 Å². The van der Waals surface area contributed by atoms with E-state index in [4.69, 9.17) is 4.74 Å². The smallest absolute Gasteiger partial charge is 0.321 e. The highest BCUT2D eigenvalue weighted by Gasteiger charge is 2.16. The molecule has 1 heterocycles. The zero-order valence-electron chi connectivity index (χ0n) is 12.7. The summed E-state index contributed by atoms with van der Waals surface area (Å²) in [6.45, 7) is 3.14. The van der Waals surface area contributed by atoms with Gasteiger partial charge in [-0.05, 0) is 50.3 Å². The SMILES string of the molecule is Cc1ccc(NC(=O)N(C)CC[C@@H]2CCCCO2)cc1F. The molecule has 1 atom stereocenters. The Morgan fingerprint density at radius 2 is 2.29 bits per heavy atom. The van der Waals surface area contributed by atoms with Gasteiger partial charge in [0, 0.05) is 25.9 Å². The maximum Gasteiger partial charge on any atom is 0.321 e. The molecule has 2 amide bonds. The lowest BCUT2D eigenvalue weighted by atomic mass is 10.1. The lowest BCUT2D eigenvalue weighted by Crippen LogP contribution is -2.34. The van der Waals surface area contributed by atoms with Crippen molar-refractivity contribution in [2.75, 3.05) is 25.5 Å². The summed E-state index contributed by atoms with van der Waals surface area (Å²) in [5.74, 6) is -0.314. The van der Waals surface area contributed by atoms with Crippen LogP contribution in [0, 0.1) is 12.7 Å². The van der Waals surface area contributed by atoms with Gasteiger partial charge in [0.25, 0.3) is 0 Å². The highest BCUT2D eigenvalue weighted by Crippen LogP contribution is 2.17. The first-order valence-electron chi connectivity index (χ1n) is 7.46. The Morgan fingerprint density at radius 3 is 2.95 bits per heavy atom. The molecular weight excluding hydrogens is 271 g/mol. The molecular formula is C16H23FN2O2. The van der Waals surface area contributed by atoms with Crippen molar-refractivity contribution in [3.63, 3.8) is 0 Å². The molecule has 1 aromatic carbocycles. The summed E-state index contributed by atoms with van der Waals surface area (Å²) in [5, 5.41) is 2.70. The number of carbonyl (C=O) groups is 1. The second kappa shape index (κ2) is 7.41. The Balaban J connectivity index is 1.80. The summed E-state index contributed by atoms with van der Waals surface area (Å²) in [7, 11) is 1.74. The van der Waals surface area contributed by atoms with Crippen molar-refractivity contribution >= 4 is 11.7 Å². The largest absolute Gasteiger partial charge is 0.378 e. The van der Waals surface area contributed by atoms with Gasteiger partial charge in [0.05, 0.1) is 6.10 Å². The van der Waals surface area contributed by atoms with Gasteiger partial charge in [-0.2, -0.15) is 0 Å². The summed E-state index contributed by atoms with van der Waals surface area (Å²) < 4.78 is 19.1. The van der Waals surface area contributed by atoms with E-state index < -0.39 is 0 Å². The zero-order valence-corrected chi connectivity index (χ0v) is 12.7. The Bertz CT molecular complexity index is 487. The van der Waals surface area contributed by atoms with Crippen molar-refractivity contribution in [1.82, 2.24) is 4.90 Å². The van der Waals surface area contributed by atoms with Crippen LogP contribution in [-0.4, -0.2) is 37.2 Å². The Kier molecular flexibility index (Phi) is 5.56. The molecule has 1 N–H and O–H groups in total. The number of nitrogens with zero attached hydrogens (tertiary/aromatic N) is 1. The molecule has 0 aliphatic carbocycles. The fraction of sp³-hybridized carbons (Fsp3) is 0.562. The third-order valence-corrected chi connectivity index (χ3v) is 3.83. The summed E-state index contributed by atoms with van der Waals surface area (Å²) in [5.41, 5.74) is 1.04. The van der Waals surface area contributed by atoms with E-state index in [-0.39, 0.29) is 18.0 Å². The predicted molar refractivity (Wildman–Crippen MR) is 81.0 cm³/mol. The van der Waals surface area contributed by atoms with E-state index in [1.54, 1.807) is 31.0 Å². The number of rotatable bonds is 4. The third kappa shape index (κ3) is 4.70. The molecule has 0 spiro atoms. The average molecular weight is 294 g/mol. The monoisotopic (exact) mass is 294 g/mol. The number of ether oxygens (including phenoxy) is 1. The van der Waals surface area contributed by atoms with E-state index in [0.29, 0.717) is 17.8 Å². The number of halogens is 1. The molecule has 0 unspecified atom stereocenters. The minimum Gasteiger partial charge on any atom is -0.378 e. The Morgan fingerprint density at radius 1 is 1.48 bits per heavy atom. The van der Waals surface area contributed by atoms with Crippen LogP contribution < -0.4 is 5.32 Å². The predicted octanol–water partition coefficient (Wildman–Crippen LogP) is 3.56. The fourth-order valence-corrected chi connectivity index (χ4v) is 2.36. The summed E-state index contributed by atoms with van der Waals surface area (Å²) in [6, 6.07) is 4.47. The number of hydrogen-bond donors (Lipinski definition) is 1. The molecule has 1 aliphatic rings. The highest BCUT2D eigenvalue weighted by atomic mass is 19.1. The van der Waals surface area contributed by atoms with Gasteiger partial charge in [0.2, 0.25) is 0 Å². The molecule has 5 heteroatoms. The van der Waals surface area contributed by atoms with Gasteiger partial charge >= 0.3 is 6.03 Å². The van der Waals surface area contributed by atoms with Gasteiger partial charge in [-0.3, -0.25) is 0 Å². The van der Waals surface area contributed by atoms with Crippen LogP contribution >= 0.6 is 0 Å². The molecule has 2 rings (SSSR count). The molecule has 0 radical (unpaired) electrons. The molecule has 1 saturated heterocycles. The first-order chi connectivity index (χ1) is 10.1. The summed E-state index contributed by atoms with van der Waals surface area (Å²) >= 11 is 0. The molecule has 1 aliphatic heterocycles. The van der Waals surface area contributed by atoms with Crippen LogP contribution in [0.25, 0.3) is 0 Å². The average Bonchev–Trinajstić information content (AvgIpc) is 2.49. The first-order valence-corrected chi connectivity index (χ1v) is 7.46. The zero-order chi connectivity index (χ0) is 15.2. The Hall–Kier alpha value is -1.62. The molecule has 116 valence electrons. The van der Waals surface area contributed by atoms with Crippen LogP contribution in [-0.2, 0) is 4.74 Å². The second-order valence-corrected chi connectivity index (χ2v) is 5.59. The van der Waals surface area contributed by atoms with E-state index in [1.807, 2.05) is 0 Å². The topological polar surface area (TPSA) is 41.6 Å². The maximum atomic E-state index is 13.4. The van der Waals surface area contributed by atoms with Crippen LogP contribution in [0.1, 0.15) is 31.2 Å². The van der Waals surface area contributed by atoms with Crippen LogP contribution in [0.2, 0.25) is 0 Å². The van der Waals surface area contributed by atoms with Gasteiger partial charge in [0.1, 0.15) is 5.82 Å². The molecule has 1 fully saturated rings. The van der Waals surface area contributed by atoms with Crippen LogP contribution in [0.5, 0.6) is 0 Å². The number of carbonyl (C=O) groups excluding carboxylic acids is 1. The normalized spacial score (nSPS) is 18.3. The highest BCUT2D eigenvalue weighted by molar-refractivity contribution is 5.89. The molecule has 0 bridgehead atoms. The van der Waals surface area contributed by atoms with Crippen molar-refractivity contribution in [2.24, 2.45) is 0 Å². The molecule has 0 aromatic heterocycles. The minimum absolute atomic E-state index is 0.228. The number of amides is 2. The van der Waals surface area contributed by atoms with Crippen LogP contribution in [0.4, 0.5) is 14.9 Å². The van der Waals surface area contributed by atoms with E-state index in [0.717, 1.165) is 25.9 Å². The fourth-order valence-electron chi connectivity index (χ4n) is 2.36. The third-order valence-electron chi connectivity index (χ3n) is 3.83. The molecule has 4 nitrogen and oxygen atoms in total. The number of nitrogens with one attached hydrogen (secondary N) is 1. The summed E-state index contributed by atoms with van der Waals surface area (Å²) in [6.07, 6.45) is 4.49. The number of benzene rings is 1. The van der Waals surface area contributed by atoms with E-state index in [2.05, 4.69) is 5.32 Å². The Labute approximate surface area is 125 Å². The van der Waals surface area contributed by atoms with E-state index in [9.17, 15) is 9.18 Å².